The van der Waals surface area contributed by atoms with Crippen molar-refractivity contribution in [1.29, 1.82) is 0 Å². The van der Waals surface area contributed by atoms with E-state index in [2.05, 4.69) is 26.7 Å². The summed E-state index contributed by atoms with van der Waals surface area (Å²) < 4.78 is 10.9. The maximum Gasteiger partial charge on any atom is 0.280 e. The third-order valence-corrected chi connectivity index (χ3v) is 4.26. The first-order chi connectivity index (χ1) is 12.4. The third-order valence-electron chi connectivity index (χ3n) is 3.43. The van der Waals surface area contributed by atoms with Crippen LogP contribution in [0.15, 0.2) is 50.9 Å². The van der Waals surface area contributed by atoms with Gasteiger partial charge in [-0.05, 0) is 45.0 Å². The molecule has 8 heteroatoms. The van der Waals surface area contributed by atoms with Crippen LogP contribution in [0.3, 0.4) is 0 Å². The molecule has 0 saturated heterocycles. The monoisotopic (exact) mass is 370 g/mol. The van der Waals surface area contributed by atoms with E-state index >= 15 is 0 Å². The Labute approximate surface area is 155 Å². The van der Waals surface area contributed by atoms with Gasteiger partial charge in [-0.3, -0.25) is 4.79 Å². The molecule has 0 unspecified atom stereocenters. The predicted octanol–water partition coefficient (Wildman–Crippen LogP) is 3.67. The fraction of sp³-hybridized carbons (Fsp3) is 0.278. The van der Waals surface area contributed by atoms with Gasteiger partial charge in [0, 0.05) is 5.56 Å². The minimum Gasteiger partial charge on any atom is -0.491 e. The van der Waals surface area contributed by atoms with Crippen molar-refractivity contribution in [2.45, 2.75) is 32.6 Å². The molecule has 2 aromatic rings. The summed E-state index contributed by atoms with van der Waals surface area (Å²) >= 11 is 1.26. The number of amides is 1. The normalized spacial score (nSPS) is 14.5. The number of aliphatic imine (C=N–C) groups is 2. The zero-order chi connectivity index (χ0) is 18.7. The Morgan fingerprint density at radius 1 is 1.23 bits per heavy atom. The molecule has 0 aliphatic carbocycles. The number of thioether (sulfide) groups is 1. The van der Waals surface area contributed by atoms with Gasteiger partial charge in [0.2, 0.25) is 11.7 Å². The topological polar surface area (TPSA) is 89.9 Å². The van der Waals surface area contributed by atoms with Crippen LogP contribution in [0, 0.1) is 0 Å². The Morgan fingerprint density at radius 3 is 2.62 bits per heavy atom. The van der Waals surface area contributed by atoms with Crippen LogP contribution in [0.25, 0.3) is 11.4 Å². The van der Waals surface area contributed by atoms with Crippen LogP contribution in [0.4, 0.5) is 0 Å². The number of nitrogens with zero attached hydrogens (tertiary/aromatic N) is 4. The van der Waals surface area contributed by atoms with Crippen LogP contribution in [0.1, 0.15) is 26.7 Å². The summed E-state index contributed by atoms with van der Waals surface area (Å²) in [7, 11) is 0. The Kier molecular flexibility index (Phi) is 5.32. The number of rotatable bonds is 5. The smallest absolute Gasteiger partial charge is 0.280 e. The molecule has 0 radical (unpaired) electrons. The first kappa shape index (κ1) is 18.1. The molecule has 1 aliphatic heterocycles. The summed E-state index contributed by atoms with van der Waals surface area (Å²) in [5.41, 5.74) is 1.72. The molecule has 7 nitrogen and oxygen atoms in total. The highest BCUT2D eigenvalue weighted by atomic mass is 32.2. The molecule has 1 aromatic heterocycles. The van der Waals surface area contributed by atoms with Gasteiger partial charge in [-0.25, -0.2) is 4.99 Å². The molecule has 0 fully saturated rings. The van der Waals surface area contributed by atoms with Crippen LogP contribution in [-0.2, 0) is 10.5 Å². The molecule has 0 atom stereocenters. The molecule has 0 N–H and O–H groups in total. The van der Waals surface area contributed by atoms with E-state index in [9.17, 15) is 4.79 Å². The number of carbonyl (C=O) groups excluding carboxylic acids is 1. The van der Waals surface area contributed by atoms with Crippen molar-refractivity contribution < 1.29 is 14.1 Å². The lowest BCUT2D eigenvalue weighted by atomic mass is 10.2. The highest BCUT2D eigenvalue weighted by Crippen LogP contribution is 2.23. The van der Waals surface area contributed by atoms with Gasteiger partial charge in [-0.15, -0.1) is 0 Å². The molecule has 0 saturated carbocycles. The van der Waals surface area contributed by atoms with Gasteiger partial charge >= 0.3 is 0 Å². The quantitative estimate of drug-likeness (QED) is 0.746. The van der Waals surface area contributed by atoms with Gasteiger partial charge < -0.3 is 9.26 Å². The SMILES string of the molecule is C=C1C(=O)N=C(SCc2nc(-c3ccc(OC(C)C)cc3)no2)N=C1C. The van der Waals surface area contributed by atoms with E-state index < -0.39 is 0 Å². The Balaban J connectivity index is 1.64. The standard InChI is InChI=1S/C18H18N4O3S/c1-10(2)24-14-7-5-13(6-8-14)16-20-15(25-22-16)9-26-18-19-12(4)11(3)17(23)21-18/h5-8,10H,3,9H2,1-2,4H3. The van der Waals surface area contributed by atoms with Crippen LogP contribution in [0.2, 0.25) is 0 Å². The van der Waals surface area contributed by atoms with E-state index in [-0.39, 0.29) is 12.0 Å². The molecule has 26 heavy (non-hydrogen) atoms. The second-order valence-corrected chi connectivity index (χ2v) is 6.81. The molecule has 2 heterocycles. The fourth-order valence-electron chi connectivity index (χ4n) is 2.12. The highest BCUT2D eigenvalue weighted by Gasteiger charge is 2.18. The van der Waals surface area contributed by atoms with Crippen LogP contribution in [-0.4, -0.2) is 33.0 Å². The maximum absolute atomic E-state index is 11.7. The van der Waals surface area contributed by atoms with Crippen molar-refractivity contribution in [3.05, 3.63) is 42.3 Å². The number of ether oxygens (including phenoxy) is 1. The number of amidine groups is 1. The maximum atomic E-state index is 11.7. The van der Waals surface area contributed by atoms with Crippen LogP contribution in [0.5, 0.6) is 5.75 Å². The minimum absolute atomic E-state index is 0.118. The fourth-order valence-corrected chi connectivity index (χ4v) is 2.84. The summed E-state index contributed by atoms with van der Waals surface area (Å²) in [5, 5.41) is 4.36. The first-order valence-electron chi connectivity index (χ1n) is 8.02. The van der Waals surface area contributed by atoms with Gasteiger partial charge in [0.15, 0.2) is 5.17 Å². The third kappa shape index (κ3) is 4.26. The average molecular weight is 370 g/mol. The molecule has 1 amide bonds. The van der Waals surface area contributed by atoms with Crippen LogP contribution >= 0.6 is 11.8 Å². The summed E-state index contributed by atoms with van der Waals surface area (Å²) in [6, 6.07) is 7.49. The number of benzene rings is 1. The second-order valence-electron chi connectivity index (χ2n) is 5.87. The number of hydrogen-bond acceptors (Lipinski definition) is 7. The van der Waals surface area contributed by atoms with Crippen molar-refractivity contribution in [3.63, 3.8) is 0 Å². The Morgan fingerprint density at radius 2 is 1.96 bits per heavy atom. The molecule has 134 valence electrons. The van der Waals surface area contributed by atoms with Gasteiger partial charge in [0.1, 0.15) is 5.75 Å². The van der Waals surface area contributed by atoms with E-state index in [4.69, 9.17) is 9.26 Å². The second kappa shape index (κ2) is 7.65. The van der Waals surface area contributed by atoms with Crippen molar-refractivity contribution >= 4 is 28.5 Å². The van der Waals surface area contributed by atoms with Crippen molar-refractivity contribution in [2.75, 3.05) is 0 Å². The zero-order valence-electron chi connectivity index (χ0n) is 14.7. The minimum atomic E-state index is -0.366. The van der Waals surface area contributed by atoms with E-state index in [1.165, 1.54) is 11.8 Å². The number of aromatic nitrogens is 2. The lowest BCUT2D eigenvalue weighted by Gasteiger charge is -2.09. The van der Waals surface area contributed by atoms with Gasteiger partial charge in [0.25, 0.3) is 5.91 Å². The summed E-state index contributed by atoms with van der Waals surface area (Å²) in [6.07, 6.45) is 0.118. The molecular formula is C18H18N4O3S. The van der Waals surface area contributed by atoms with E-state index in [1.807, 2.05) is 38.1 Å². The molecule has 3 rings (SSSR count). The van der Waals surface area contributed by atoms with Gasteiger partial charge in [0.05, 0.1) is 23.1 Å². The zero-order valence-corrected chi connectivity index (χ0v) is 15.5. The van der Waals surface area contributed by atoms with Crippen molar-refractivity contribution in [3.8, 4) is 17.1 Å². The van der Waals surface area contributed by atoms with Crippen molar-refractivity contribution in [1.82, 2.24) is 10.1 Å². The number of carbonyl (C=O) groups is 1. The van der Waals surface area contributed by atoms with Crippen LogP contribution < -0.4 is 4.74 Å². The van der Waals surface area contributed by atoms with Gasteiger partial charge in [-0.1, -0.05) is 23.5 Å². The van der Waals surface area contributed by atoms with E-state index in [0.29, 0.717) is 33.9 Å². The van der Waals surface area contributed by atoms with Crippen molar-refractivity contribution in [2.24, 2.45) is 9.98 Å². The Hall–Kier alpha value is -2.74. The molecule has 0 spiro atoms. The lowest BCUT2D eigenvalue weighted by Crippen LogP contribution is -2.15. The largest absolute Gasteiger partial charge is 0.491 e. The summed E-state index contributed by atoms with van der Waals surface area (Å²) in [4.78, 5) is 24.1. The number of hydrogen-bond donors (Lipinski definition) is 0. The molecule has 1 aliphatic rings. The lowest BCUT2D eigenvalue weighted by molar-refractivity contribution is -0.113. The average Bonchev–Trinajstić information content (AvgIpc) is 3.07. The first-order valence-corrected chi connectivity index (χ1v) is 9.01. The molecule has 0 bridgehead atoms. The summed E-state index contributed by atoms with van der Waals surface area (Å²) in [6.45, 7) is 9.32. The Bertz CT molecular complexity index is 897. The van der Waals surface area contributed by atoms with E-state index in [1.54, 1.807) is 6.92 Å². The molecular weight excluding hydrogens is 352 g/mol. The highest BCUT2D eigenvalue weighted by molar-refractivity contribution is 8.13. The van der Waals surface area contributed by atoms with E-state index in [0.717, 1.165) is 11.3 Å². The van der Waals surface area contributed by atoms with Gasteiger partial charge in [-0.2, -0.15) is 9.98 Å². The predicted molar refractivity (Wildman–Crippen MR) is 101 cm³/mol. The molecule has 1 aromatic carbocycles. The summed E-state index contributed by atoms with van der Waals surface area (Å²) in [5.74, 6) is 1.72.